The van der Waals surface area contributed by atoms with Gasteiger partial charge < -0.3 is 5.73 Å². The van der Waals surface area contributed by atoms with Crippen molar-refractivity contribution in [2.75, 3.05) is 6.54 Å². The van der Waals surface area contributed by atoms with Crippen molar-refractivity contribution in [3.8, 4) is 0 Å². The van der Waals surface area contributed by atoms with E-state index in [2.05, 4.69) is 29.4 Å². The lowest BCUT2D eigenvalue weighted by molar-refractivity contribution is 0.613. The maximum atomic E-state index is 5.61. The summed E-state index contributed by atoms with van der Waals surface area (Å²) >= 11 is 0. The zero-order valence-electron chi connectivity index (χ0n) is 10.8. The third kappa shape index (κ3) is 2.96. The highest BCUT2D eigenvalue weighted by Gasteiger charge is 2.11. The van der Waals surface area contributed by atoms with Crippen LogP contribution in [0, 0.1) is 0 Å². The Morgan fingerprint density at radius 2 is 1.94 bits per heavy atom. The first-order valence-corrected chi connectivity index (χ1v) is 6.50. The van der Waals surface area contributed by atoms with Gasteiger partial charge in [0, 0.05) is 6.42 Å². The van der Waals surface area contributed by atoms with Gasteiger partial charge in [-0.15, -0.1) is 5.10 Å². The highest BCUT2D eigenvalue weighted by Crippen LogP contribution is 2.11. The Labute approximate surface area is 108 Å². The fraction of sp³-hybridized carbons (Fsp3) is 0.429. The van der Waals surface area contributed by atoms with E-state index in [1.54, 1.807) is 0 Å². The molecule has 0 aliphatic heterocycles. The molecule has 4 nitrogen and oxygen atoms in total. The Kier molecular flexibility index (Phi) is 4.47. The SMILES string of the molecule is CCCc1c(CCN)nnn1Cc1ccccc1. The number of benzene rings is 1. The average Bonchev–Trinajstić information content (AvgIpc) is 2.75. The molecule has 1 aromatic carbocycles. The van der Waals surface area contributed by atoms with E-state index in [0.29, 0.717) is 6.54 Å². The molecule has 1 aromatic heterocycles. The first-order chi connectivity index (χ1) is 8.85. The summed E-state index contributed by atoms with van der Waals surface area (Å²) in [5, 5.41) is 8.51. The summed E-state index contributed by atoms with van der Waals surface area (Å²) in [5.74, 6) is 0. The molecule has 0 bridgehead atoms. The van der Waals surface area contributed by atoms with Crippen LogP contribution in [0.5, 0.6) is 0 Å². The van der Waals surface area contributed by atoms with Gasteiger partial charge in [-0.3, -0.25) is 0 Å². The molecule has 0 unspecified atom stereocenters. The number of nitrogens with two attached hydrogens (primary N) is 1. The van der Waals surface area contributed by atoms with Crippen LogP contribution >= 0.6 is 0 Å². The van der Waals surface area contributed by atoms with E-state index in [4.69, 9.17) is 5.73 Å². The first-order valence-electron chi connectivity index (χ1n) is 6.50. The Hall–Kier alpha value is -1.68. The molecule has 2 rings (SSSR count). The van der Waals surface area contributed by atoms with Crippen LogP contribution in [0.3, 0.4) is 0 Å². The Morgan fingerprint density at radius 3 is 2.61 bits per heavy atom. The van der Waals surface area contributed by atoms with E-state index in [0.717, 1.165) is 31.5 Å². The molecule has 2 aromatic rings. The molecule has 2 N–H and O–H groups in total. The largest absolute Gasteiger partial charge is 0.330 e. The van der Waals surface area contributed by atoms with E-state index in [9.17, 15) is 0 Å². The van der Waals surface area contributed by atoms with Crippen LogP contribution in [0.25, 0.3) is 0 Å². The molecule has 0 atom stereocenters. The second-order valence-electron chi connectivity index (χ2n) is 4.41. The fourth-order valence-corrected chi connectivity index (χ4v) is 2.09. The van der Waals surface area contributed by atoms with E-state index in [-0.39, 0.29) is 0 Å². The summed E-state index contributed by atoms with van der Waals surface area (Å²) in [6.07, 6.45) is 2.92. The van der Waals surface area contributed by atoms with E-state index in [1.165, 1.54) is 11.3 Å². The summed E-state index contributed by atoms with van der Waals surface area (Å²) in [4.78, 5) is 0. The summed E-state index contributed by atoms with van der Waals surface area (Å²) in [6.45, 7) is 3.58. The predicted molar refractivity (Wildman–Crippen MR) is 72.3 cm³/mol. The summed E-state index contributed by atoms with van der Waals surface area (Å²) in [7, 11) is 0. The number of nitrogens with zero attached hydrogens (tertiary/aromatic N) is 3. The maximum Gasteiger partial charge on any atom is 0.0871 e. The van der Waals surface area contributed by atoms with Gasteiger partial charge in [0.15, 0.2) is 0 Å². The number of aromatic nitrogens is 3. The van der Waals surface area contributed by atoms with E-state index in [1.807, 2.05) is 22.9 Å². The molecule has 0 fully saturated rings. The van der Waals surface area contributed by atoms with Crippen LogP contribution in [0.15, 0.2) is 30.3 Å². The van der Waals surface area contributed by atoms with Gasteiger partial charge >= 0.3 is 0 Å². The van der Waals surface area contributed by atoms with Crippen molar-refractivity contribution in [2.24, 2.45) is 5.73 Å². The lowest BCUT2D eigenvalue weighted by Crippen LogP contribution is -2.09. The lowest BCUT2D eigenvalue weighted by Gasteiger charge is -2.07. The molecule has 0 aliphatic rings. The highest BCUT2D eigenvalue weighted by molar-refractivity contribution is 5.17. The minimum Gasteiger partial charge on any atom is -0.330 e. The molecule has 4 heteroatoms. The van der Waals surface area contributed by atoms with Crippen molar-refractivity contribution in [3.63, 3.8) is 0 Å². The minimum atomic E-state index is 0.626. The third-order valence-corrected chi connectivity index (χ3v) is 2.96. The number of hydrogen-bond donors (Lipinski definition) is 1. The highest BCUT2D eigenvalue weighted by atomic mass is 15.4. The van der Waals surface area contributed by atoms with Crippen LogP contribution in [-0.4, -0.2) is 21.5 Å². The summed E-state index contributed by atoms with van der Waals surface area (Å²) in [5.41, 5.74) is 9.14. The Balaban J connectivity index is 2.21. The smallest absolute Gasteiger partial charge is 0.0871 e. The average molecular weight is 244 g/mol. The molecule has 96 valence electrons. The van der Waals surface area contributed by atoms with Gasteiger partial charge in [-0.1, -0.05) is 48.9 Å². The van der Waals surface area contributed by atoms with Gasteiger partial charge in [0.05, 0.1) is 17.9 Å². The predicted octanol–water partition coefficient (Wildman–Crippen LogP) is 1.78. The number of rotatable bonds is 6. The van der Waals surface area contributed by atoms with Crippen LogP contribution in [-0.2, 0) is 19.4 Å². The van der Waals surface area contributed by atoms with E-state index < -0.39 is 0 Å². The molecule has 0 saturated heterocycles. The van der Waals surface area contributed by atoms with Crippen molar-refractivity contribution < 1.29 is 0 Å². The van der Waals surface area contributed by atoms with Crippen molar-refractivity contribution >= 4 is 0 Å². The lowest BCUT2D eigenvalue weighted by atomic mass is 10.1. The van der Waals surface area contributed by atoms with Crippen LogP contribution in [0.1, 0.15) is 30.3 Å². The van der Waals surface area contributed by atoms with Gasteiger partial charge in [0.2, 0.25) is 0 Å². The third-order valence-electron chi connectivity index (χ3n) is 2.96. The Morgan fingerprint density at radius 1 is 1.17 bits per heavy atom. The number of hydrogen-bond acceptors (Lipinski definition) is 3. The second kappa shape index (κ2) is 6.31. The zero-order chi connectivity index (χ0) is 12.8. The molecule has 1 heterocycles. The molecular weight excluding hydrogens is 224 g/mol. The molecule has 0 radical (unpaired) electrons. The van der Waals surface area contributed by atoms with Crippen LogP contribution in [0.2, 0.25) is 0 Å². The normalized spacial score (nSPS) is 10.8. The van der Waals surface area contributed by atoms with Crippen LogP contribution in [0.4, 0.5) is 0 Å². The first kappa shape index (κ1) is 12.8. The molecule has 0 aliphatic carbocycles. The fourth-order valence-electron chi connectivity index (χ4n) is 2.09. The van der Waals surface area contributed by atoms with Crippen molar-refractivity contribution in [1.82, 2.24) is 15.0 Å². The zero-order valence-corrected chi connectivity index (χ0v) is 10.8. The minimum absolute atomic E-state index is 0.626. The second-order valence-corrected chi connectivity index (χ2v) is 4.41. The molecule has 18 heavy (non-hydrogen) atoms. The topological polar surface area (TPSA) is 56.7 Å². The standard InChI is InChI=1S/C14H20N4/c1-2-6-14-13(9-10-15)16-17-18(14)11-12-7-4-3-5-8-12/h3-5,7-8H,2,6,9-11,15H2,1H3. The van der Waals surface area contributed by atoms with Gasteiger partial charge in [0.1, 0.15) is 0 Å². The molecular formula is C14H20N4. The summed E-state index contributed by atoms with van der Waals surface area (Å²) < 4.78 is 2.00. The Bertz CT molecular complexity index is 476. The van der Waals surface area contributed by atoms with Gasteiger partial charge in [-0.05, 0) is 18.5 Å². The van der Waals surface area contributed by atoms with Gasteiger partial charge in [-0.2, -0.15) is 0 Å². The van der Waals surface area contributed by atoms with E-state index >= 15 is 0 Å². The van der Waals surface area contributed by atoms with Crippen molar-refractivity contribution in [2.45, 2.75) is 32.7 Å². The van der Waals surface area contributed by atoms with Crippen molar-refractivity contribution in [1.29, 1.82) is 0 Å². The van der Waals surface area contributed by atoms with Gasteiger partial charge in [0.25, 0.3) is 0 Å². The molecule has 0 spiro atoms. The van der Waals surface area contributed by atoms with Crippen molar-refractivity contribution in [3.05, 3.63) is 47.3 Å². The molecule has 0 saturated carbocycles. The monoisotopic (exact) mass is 244 g/mol. The van der Waals surface area contributed by atoms with Gasteiger partial charge in [-0.25, -0.2) is 4.68 Å². The van der Waals surface area contributed by atoms with Crippen LogP contribution < -0.4 is 5.73 Å². The maximum absolute atomic E-state index is 5.61. The summed E-state index contributed by atoms with van der Waals surface area (Å²) in [6, 6.07) is 10.3. The molecule has 0 amide bonds. The quantitative estimate of drug-likeness (QED) is 0.842.